The van der Waals surface area contributed by atoms with E-state index in [1.807, 2.05) is 0 Å². The molecule has 110 valence electrons. The molecule has 1 amide bonds. The molecule has 0 aliphatic rings. The van der Waals surface area contributed by atoms with Gasteiger partial charge in [-0.05, 0) is 30.3 Å². The molecule has 0 atom stereocenters. The molecule has 0 radical (unpaired) electrons. The lowest BCUT2D eigenvalue weighted by Crippen LogP contribution is -2.20. The van der Waals surface area contributed by atoms with Crippen LogP contribution < -0.4 is 14.8 Å². The van der Waals surface area contributed by atoms with E-state index in [-0.39, 0.29) is 12.4 Å². The lowest BCUT2D eigenvalue weighted by Gasteiger charge is -2.11. The van der Waals surface area contributed by atoms with Gasteiger partial charge in [0.2, 0.25) is 0 Å². The van der Waals surface area contributed by atoms with Crippen molar-refractivity contribution < 1.29 is 18.7 Å². The van der Waals surface area contributed by atoms with Crippen LogP contribution in [-0.2, 0) is 4.79 Å². The zero-order valence-electron chi connectivity index (χ0n) is 11.2. The van der Waals surface area contributed by atoms with Crippen molar-refractivity contribution in [1.29, 1.82) is 0 Å². The van der Waals surface area contributed by atoms with E-state index in [1.54, 1.807) is 30.3 Å². The lowest BCUT2D eigenvalue weighted by molar-refractivity contribution is -0.118. The number of nitrogens with one attached hydrogen (secondary N) is 1. The first-order valence-corrected chi connectivity index (χ1v) is 6.90. The number of hydrogen-bond acceptors (Lipinski definition) is 3. The van der Waals surface area contributed by atoms with Crippen LogP contribution in [0.2, 0.25) is 0 Å². The summed E-state index contributed by atoms with van der Waals surface area (Å²) in [5.74, 6) is -0.374. The van der Waals surface area contributed by atoms with Crippen LogP contribution in [-0.4, -0.2) is 19.6 Å². The molecule has 0 fully saturated rings. The first kappa shape index (κ1) is 15.3. The van der Waals surface area contributed by atoms with E-state index in [9.17, 15) is 9.18 Å². The van der Waals surface area contributed by atoms with Crippen molar-refractivity contribution in [2.45, 2.75) is 0 Å². The number of para-hydroxylation sites is 2. The molecule has 0 bridgehead atoms. The fraction of sp³-hybridized carbons (Fsp3) is 0.133. The van der Waals surface area contributed by atoms with Gasteiger partial charge in [-0.3, -0.25) is 4.79 Å². The fourth-order valence-electron chi connectivity index (χ4n) is 1.67. The van der Waals surface area contributed by atoms with E-state index in [0.29, 0.717) is 15.9 Å². The van der Waals surface area contributed by atoms with Crippen LogP contribution in [0.25, 0.3) is 0 Å². The average Bonchev–Trinajstić information content (AvgIpc) is 2.49. The van der Waals surface area contributed by atoms with E-state index in [1.165, 1.54) is 19.2 Å². The van der Waals surface area contributed by atoms with Gasteiger partial charge in [0.1, 0.15) is 5.75 Å². The monoisotopic (exact) mass is 353 g/mol. The maximum Gasteiger partial charge on any atom is 0.262 e. The number of ether oxygens (including phenoxy) is 2. The smallest absolute Gasteiger partial charge is 0.262 e. The van der Waals surface area contributed by atoms with Crippen LogP contribution in [0, 0.1) is 5.82 Å². The van der Waals surface area contributed by atoms with Crippen LogP contribution in [0.4, 0.5) is 10.1 Å². The Morgan fingerprint density at radius 2 is 2.00 bits per heavy atom. The van der Waals surface area contributed by atoms with Crippen molar-refractivity contribution in [2.75, 3.05) is 19.0 Å². The predicted molar refractivity (Wildman–Crippen MR) is 81.2 cm³/mol. The summed E-state index contributed by atoms with van der Waals surface area (Å²) in [6.45, 7) is -0.300. The number of carbonyl (C=O) groups is 1. The number of rotatable bonds is 5. The Hall–Kier alpha value is -2.08. The van der Waals surface area contributed by atoms with E-state index >= 15 is 0 Å². The van der Waals surface area contributed by atoms with Gasteiger partial charge < -0.3 is 14.8 Å². The van der Waals surface area contributed by atoms with E-state index < -0.39 is 11.7 Å². The number of benzene rings is 2. The molecule has 2 aromatic carbocycles. The summed E-state index contributed by atoms with van der Waals surface area (Å²) in [5, 5.41) is 2.64. The summed E-state index contributed by atoms with van der Waals surface area (Å²) in [7, 11) is 1.51. The van der Waals surface area contributed by atoms with Crippen LogP contribution in [0.1, 0.15) is 0 Å². The van der Waals surface area contributed by atoms with Crippen molar-refractivity contribution >= 4 is 27.5 Å². The molecule has 2 rings (SSSR count). The Labute approximate surface area is 130 Å². The van der Waals surface area contributed by atoms with Crippen LogP contribution in [0.3, 0.4) is 0 Å². The molecule has 21 heavy (non-hydrogen) atoms. The van der Waals surface area contributed by atoms with Gasteiger partial charge >= 0.3 is 0 Å². The molecule has 0 aromatic heterocycles. The molecule has 2 aromatic rings. The number of hydrogen-bond donors (Lipinski definition) is 1. The molecule has 0 spiro atoms. The molecule has 0 saturated carbocycles. The Bertz CT molecular complexity index is 649. The maximum absolute atomic E-state index is 13.5. The zero-order valence-corrected chi connectivity index (χ0v) is 12.8. The first-order valence-electron chi connectivity index (χ1n) is 6.11. The number of amides is 1. The maximum atomic E-state index is 13.5. The molecule has 0 aliphatic carbocycles. The van der Waals surface area contributed by atoms with Crippen LogP contribution in [0.15, 0.2) is 46.9 Å². The number of methoxy groups -OCH3 is 1. The second kappa shape index (κ2) is 7.08. The third-order valence-corrected chi connectivity index (χ3v) is 3.13. The van der Waals surface area contributed by atoms with Gasteiger partial charge in [-0.1, -0.05) is 28.1 Å². The topological polar surface area (TPSA) is 47.6 Å². The Morgan fingerprint density at radius 3 is 2.76 bits per heavy atom. The van der Waals surface area contributed by atoms with Gasteiger partial charge in [0.15, 0.2) is 18.2 Å². The molecule has 6 heteroatoms. The molecular weight excluding hydrogens is 341 g/mol. The second-order valence-corrected chi connectivity index (χ2v) is 5.03. The fourth-order valence-corrected chi connectivity index (χ4v) is 2.01. The standard InChI is InChI=1S/C15H13BrFNO3/c1-20-13-5-3-2-4-12(13)18-15(19)9-21-14-8-10(16)6-7-11(14)17/h2-8H,9H2,1H3,(H,18,19). The van der Waals surface area contributed by atoms with E-state index in [2.05, 4.69) is 21.2 Å². The highest BCUT2D eigenvalue weighted by atomic mass is 79.9. The molecule has 1 N–H and O–H groups in total. The highest BCUT2D eigenvalue weighted by Crippen LogP contribution is 2.24. The summed E-state index contributed by atoms with van der Waals surface area (Å²) in [5.41, 5.74) is 0.531. The molecule has 0 saturated heterocycles. The van der Waals surface area contributed by atoms with Crippen molar-refractivity contribution in [3.63, 3.8) is 0 Å². The number of halogens is 2. The molecule has 0 heterocycles. The van der Waals surface area contributed by atoms with Gasteiger partial charge in [0.25, 0.3) is 5.91 Å². The third kappa shape index (κ3) is 4.19. The minimum atomic E-state index is -0.525. The molecular formula is C15H13BrFNO3. The highest BCUT2D eigenvalue weighted by molar-refractivity contribution is 9.10. The summed E-state index contributed by atoms with van der Waals surface area (Å²) in [6, 6.07) is 11.3. The number of carbonyl (C=O) groups excluding carboxylic acids is 1. The molecule has 0 unspecified atom stereocenters. The quantitative estimate of drug-likeness (QED) is 0.892. The summed E-state index contributed by atoms with van der Waals surface area (Å²) in [6.07, 6.45) is 0. The predicted octanol–water partition coefficient (Wildman–Crippen LogP) is 3.61. The van der Waals surface area contributed by atoms with Crippen molar-refractivity contribution in [2.24, 2.45) is 0 Å². The minimum Gasteiger partial charge on any atom is -0.495 e. The van der Waals surface area contributed by atoms with Gasteiger partial charge in [0, 0.05) is 4.47 Å². The van der Waals surface area contributed by atoms with Crippen LogP contribution >= 0.6 is 15.9 Å². The molecule has 4 nitrogen and oxygen atoms in total. The average molecular weight is 354 g/mol. The molecule has 0 aliphatic heterocycles. The Kier molecular flexibility index (Phi) is 5.16. The third-order valence-electron chi connectivity index (χ3n) is 2.63. The van der Waals surface area contributed by atoms with Crippen molar-refractivity contribution in [3.8, 4) is 11.5 Å². The lowest BCUT2D eigenvalue weighted by atomic mass is 10.3. The van der Waals surface area contributed by atoms with E-state index in [4.69, 9.17) is 9.47 Å². The van der Waals surface area contributed by atoms with Crippen molar-refractivity contribution in [1.82, 2.24) is 0 Å². The van der Waals surface area contributed by atoms with Crippen molar-refractivity contribution in [3.05, 3.63) is 52.8 Å². The van der Waals surface area contributed by atoms with Gasteiger partial charge in [-0.2, -0.15) is 0 Å². The van der Waals surface area contributed by atoms with E-state index in [0.717, 1.165) is 0 Å². The normalized spacial score (nSPS) is 10.0. The minimum absolute atomic E-state index is 0.0135. The second-order valence-electron chi connectivity index (χ2n) is 4.11. The summed E-state index contributed by atoms with van der Waals surface area (Å²) in [4.78, 5) is 11.8. The zero-order chi connectivity index (χ0) is 15.2. The van der Waals surface area contributed by atoms with Gasteiger partial charge in [-0.15, -0.1) is 0 Å². The summed E-state index contributed by atoms with van der Waals surface area (Å²) < 4.78 is 24.4. The largest absolute Gasteiger partial charge is 0.495 e. The van der Waals surface area contributed by atoms with Gasteiger partial charge in [0.05, 0.1) is 12.8 Å². The Balaban J connectivity index is 1.97. The number of anilines is 1. The van der Waals surface area contributed by atoms with Crippen LogP contribution in [0.5, 0.6) is 11.5 Å². The Morgan fingerprint density at radius 1 is 1.24 bits per heavy atom. The first-order chi connectivity index (χ1) is 10.1. The summed E-state index contributed by atoms with van der Waals surface area (Å²) >= 11 is 3.21. The van der Waals surface area contributed by atoms with Gasteiger partial charge in [-0.25, -0.2) is 4.39 Å². The SMILES string of the molecule is COc1ccccc1NC(=O)COc1cc(Br)ccc1F. The highest BCUT2D eigenvalue weighted by Gasteiger charge is 2.10.